The second-order valence-electron chi connectivity index (χ2n) is 5.42. The van der Waals surface area contributed by atoms with Crippen molar-refractivity contribution in [1.29, 1.82) is 0 Å². The fourth-order valence-electron chi connectivity index (χ4n) is 1.31. The molecule has 0 aromatic heterocycles. The van der Waals surface area contributed by atoms with Crippen molar-refractivity contribution in [3.8, 4) is 0 Å². The number of aliphatic carboxylic acids is 1. The molecule has 4 N–H and O–H groups in total. The van der Waals surface area contributed by atoms with Crippen LogP contribution in [0.1, 0.15) is 47.0 Å². The number of nitrogens with two attached hydrogens (primary N) is 1. The second kappa shape index (κ2) is 6.59. The van der Waals surface area contributed by atoms with Gasteiger partial charge < -0.3 is 16.2 Å². The van der Waals surface area contributed by atoms with Crippen LogP contribution in [0.4, 0.5) is 0 Å². The zero-order chi connectivity index (χ0) is 13.6. The van der Waals surface area contributed by atoms with Gasteiger partial charge >= 0.3 is 5.97 Å². The fourth-order valence-corrected chi connectivity index (χ4v) is 1.31. The van der Waals surface area contributed by atoms with Crippen LogP contribution >= 0.6 is 0 Å². The van der Waals surface area contributed by atoms with E-state index in [2.05, 4.69) is 5.32 Å². The van der Waals surface area contributed by atoms with E-state index in [0.717, 1.165) is 0 Å². The highest BCUT2D eigenvalue weighted by atomic mass is 16.4. The predicted molar refractivity (Wildman–Crippen MR) is 66.5 cm³/mol. The van der Waals surface area contributed by atoms with Gasteiger partial charge in [-0.1, -0.05) is 34.1 Å². The summed E-state index contributed by atoms with van der Waals surface area (Å²) >= 11 is 0. The van der Waals surface area contributed by atoms with Gasteiger partial charge in [0.05, 0.1) is 0 Å². The quantitative estimate of drug-likeness (QED) is 0.652. The molecule has 0 aliphatic carbocycles. The second-order valence-corrected chi connectivity index (χ2v) is 5.42. The Kier molecular flexibility index (Phi) is 6.16. The van der Waals surface area contributed by atoms with Crippen LogP contribution < -0.4 is 11.1 Å². The van der Waals surface area contributed by atoms with Crippen LogP contribution in [0.15, 0.2) is 0 Å². The molecule has 5 heteroatoms. The molecular weight excluding hydrogens is 220 g/mol. The summed E-state index contributed by atoms with van der Waals surface area (Å²) < 4.78 is 0. The van der Waals surface area contributed by atoms with Crippen molar-refractivity contribution < 1.29 is 14.7 Å². The molecule has 0 spiro atoms. The van der Waals surface area contributed by atoms with E-state index in [4.69, 9.17) is 10.8 Å². The minimum atomic E-state index is -0.996. The summed E-state index contributed by atoms with van der Waals surface area (Å²) in [4.78, 5) is 22.5. The number of carbonyl (C=O) groups excluding carboxylic acids is 1. The largest absolute Gasteiger partial charge is 0.480 e. The molecule has 0 aromatic carbocycles. The van der Waals surface area contributed by atoms with Gasteiger partial charge in [-0.2, -0.15) is 0 Å². The van der Waals surface area contributed by atoms with Crippen LogP contribution in [-0.2, 0) is 9.59 Å². The third-order valence-corrected chi connectivity index (χ3v) is 2.73. The van der Waals surface area contributed by atoms with Gasteiger partial charge in [0, 0.05) is 12.5 Å². The molecular formula is C12H24N2O3. The van der Waals surface area contributed by atoms with E-state index in [1.165, 1.54) is 0 Å². The van der Waals surface area contributed by atoms with Crippen LogP contribution in [0.2, 0.25) is 0 Å². The monoisotopic (exact) mass is 244 g/mol. The predicted octanol–water partition coefficient (Wildman–Crippen LogP) is 1.12. The topological polar surface area (TPSA) is 92.4 Å². The van der Waals surface area contributed by atoms with Crippen molar-refractivity contribution in [2.45, 2.75) is 59.0 Å². The molecule has 0 fully saturated rings. The number of carboxylic acid groups (broad SMARTS) is 1. The van der Waals surface area contributed by atoms with Crippen LogP contribution in [0.3, 0.4) is 0 Å². The third kappa shape index (κ3) is 6.26. The number of carboxylic acids is 1. The summed E-state index contributed by atoms with van der Waals surface area (Å²) in [7, 11) is 0. The number of rotatable bonds is 6. The highest BCUT2D eigenvalue weighted by Gasteiger charge is 2.25. The first kappa shape index (κ1) is 15.9. The van der Waals surface area contributed by atoms with Gasteiger partial charge in [0.2, 0.25) is 5.91 Å². The Labute approximate surface area is 103 Å². The van der Waals surface area contributed by atoms with E-state index in [-0.39, 0.29) is 23.8 Å². The first-order valence-electron chi connectivity index (χ1n) is 5.96. The van der Waals surface area contributed by atoms with Crippen LogP contribution in [0.25, 0.3) is 0 Å². The highest BCUT2D eigenvalue weighted by Crippen LogP contribution is 2.19. The van der Waals surface area contributed by atoms with Crippen molar-refractivity contribution in [3.05, 3.63) is 0 Å². The van der Waals surface area contributed by atoms with Crippen molar-refractivity contribution >= 4 is 11.9 Å². The summed E-state index contributed by atoms with van der Waals surface area (Å²) in [6, 6.07) is -1.08. The lowest BCUT2D eigenvalue weighted by Crippen LogP contribution is -2.45. The zero-order valence-electron chi connectivity index (χ0n) is 11.1. The lowest BCUT2D eigenvalue weighted by molar-refractivity contribution is -0.142. The molecule has 0 aliphatic rings. The minimum absolute atomic E-state index is 0.150. The van der Waals surface area contributed by atoms with Crippen molar-refractivity contribution in [1.82, 2.24) is 5.32 Å². The summed E-state index contributed by atoms with van der Waals surface area (Å²) in [5, 5.41) is 11.4. The van der Waals surface area contributed by atoms with Crippen LogP contribution in [0, 0.1) is 5.41 Å². The van der Waals surface area contributed by atoms with Gasteiger partial charge in [-0.15, -0.1) is 0 Å². The Morgan fingerprint density at radius 3 is 2.24 bits per heavy atom. The molecule has 0 bridgehead atoms. The molecule has 0 aliphatic heterocycles. The molecule has 0 rings (SSSR count). The Balaban J connectivity index is 4.29. The lowest BCUT2D eigenvalue weighted by atomic mass is 9.85. The Morgan fingerprint density at radius 1 is 1.35 bits per heavy atom. The molecule has 1 amide bonds. The molecule has 2 unspecified atom stereocenters. The summed E-state index contributed by atoms with van der Waals surface area (Å²) in [6.45, 7) is 7.73. The number of hydrogen-bond donors (Lipinski definition) is 3. The average molecular weight is 244 g/mol. The zero-order valence-corrected chi connectivity index (χ0v) is 11.1. The normalized spacial score (nSPS) is 15.1. The number of nitrogens with one attached hydrogen (secondary N) is 1. The highest BCUT2D eigenvalue weighted by molar-refractivity contribution is 5.83. The molecule has 0 saturated heterocycles. The van der Waals surface area contributed by atoms with E-state index in [0.29, 0.717) is 12.8 Å². The number of amides is 1. The first-order chi connectivity index (χ1) is 7.68. The molecule has 0 radical (unpaired) electrons. The van der Waals surface area contributed by atoms with Gasteiger partial charge in [-0.05, 0) is 11.8 Å². The average Bonchev–Trinajstić information content (AvgIpc) is 2.15. The van der Waals surface area contributed by atoms with E-state index in [1.807, 2.05) is 27.7 Å². The molecule has 100 valence electrons. The summed E-state index contributed by atoms with van der Waals surface area (Å²) in [5.41, 5.74) is 5.70. The Bertz CT molecular complexity index is 271. The van der Waals surface area contributed by atoms with E-state index >= 15 is 0 Å². The molecule has 5 nitrogen and oxygen atoms in total. The maximum Gasteiger partial charge on any atom is 0.326 e. The minimum Gasteiger partial charge on any atom is -0.480 e. The lowest BCUT2D eigenvalue weighted by Gasteiger charge is -2.27. The van der Waals surface area contributed by atoms with Crippen LogP contribution in [-0.4, -0.2) is 29.1 Å². The molecule has 0 heterocycles. The maximum absolute atomic E-state index is 11.6. The van der Waals surface area contributed by atoms with E-state index in [1.54, 1.807) is 0 Å². The smallest absolute Gasteiger partial charge is 0.326 e. The number of hydrogen-bond acceptors (Lipinski definition) is 3. The Morgan fingerprint density at radius 2 is 1.88 bits per heavy atom. The summed E-state index contributed by atoms with van der Waals surface area (Å²) in [6.07, 6.45) is 1.30. The Hall–Kier alpha value is -1.10. The SMILES string of the molecule is CCCC(NC(=O)CC(N)C(C)(C)C)C(=O)O. The third-order valence-electron chi connectivity index (χ3n) is 2.73. The summed E-state index contributed by atoms with van der Waals surface area (Å²) in [5.74, 6) is -1.29. The van der Waals surface area contributed by atoms with Gasteiger partial charge in [-0.3, -0.25) is 4.79 Å². The molecule has 0 aromatic rings. The number of carbonyl (C=O) groups is 2. The standard InChI is InChI=1S/C12H24N2O3/c1-5-6-8(11(16)17)14-10(15)7-9(13)12(2,3)4/h8-9H,5-7,13H2,1-4H3,(H,14,15)(H,16,17). The molecule has 17 heavy (non-hydrogen) atoms. The van der Waals surface area contributed by atoms with Crippen molar-refractivity contribution in [2.24, 2.45) is 11.1 Å². The van der Waals surface area contributed by atoms with Gasteiger partial charge in [0.1, 0.15) is 6.04 Å². The van der Waals surface area contributed by atoms with Crippen LogP contribution in [0.5, 0.6) is 0 Å². The van der Waals surface area contributed by atoms with Crippen molar-refractivity contribution in [3.63, 3.8) is 0 Å². The van der Waals surface area contributed by atoms with Gasteiger partial charge in [0.25, 0.3) is 0 Å². The van der Waals surface area contributed by atoms with E-state index < -0.39 is 12.0 Å². The maximum atomic E-state index is 11.6. The fraction of sp³-hybridized carbons (Fsp3) is 0.833. The molecule has 0 saturated carbocycles. The van der Waals surface area contributed by atoms with Crippen molar-refractivity contribution in [2.75, 3.05) is 0 Å². The molecule has 2 atom stereocenters. The first-order valence-corrected chi connectivity index (χ1v) is 5.96. The van der Waals surface area contributed by atoms with Gasteiger partial charge in [0.15, 0.2) is 0 Å². The van der Waals surface area contributed by atoms with E-state index in [9.17, 15) is 9.59 Å². The van der Waals surface area contributed by atoms with Gasteiger partial charge in [-0.25, -0.2) is 4.79 Å².